The number of carbonyl (C=O) groups excluding carboxylic acids is 1. The van der Waals surface area contributed by atoms with Crippen LogP contribution in [0.3, 0.4) is 0 Å². The number of hydrogen-bond acceptors (Lipinski definition) is 9. The second-order valence-electron chi connectivity index (χ2n) is 11.8. The highest BCUT2D eigenvalue weighted by Crippen LogP contribution is 2.37. The van der Waals surface area contributed by atoms with Crippen molar-refractivity contribution in [3.8, 4) is 17.4 Å². The zero-order valence-electron chi connectivity index (χ0n) is 26.5. The summed E-state index contributed by atoms with van der Waals surface area (Å²) < 4.78 is 34.8. The molecular formula is C36H34FN7O4. The van der Waals surface area contributed by atoms with Crippen molar-refractivity contribution >= 4 is 34.0 Å². The lowest BCUT2D eigenvalue weighted by atomic mass is 10.1. The van der Waals surface area contributed by atoms with E-state index in [4.69, 9.17) is 19.2 Å². The van der Waals surface area contributed by atoms with Gasteiger partial charge >= 0.3 is 0 Å². The molecule has 1 saturated heterocycles. The summed E-state index contributed by atoms with van der Waals surface area (Å²) in [5, 5.41) is 8.10. The van der Waals surface area contributed by atoms with Crippen molar-refractivity contribution in [1.82, 2.24) is 24.6 Å². The predicted octanol–water partition coefficient (Wildman–Crippen LogP) is 6.27. The number of hydrogen-bond donors (Lipinski definition) is 1. The van der Waals surface area contributed by atoms with Crippen LogP contribution in [0.25, 0.3) is 16.6 Å². The third kappa shape index (κ3) is 6.85. The van der Waals surface area contributed by atoms with Gasteiger partial charge in [-0.3, -0.25) is 9.79 Å². The quantitative estimate of drug-likeness (QED) is 0.202. The topological polar surface area (TPSA) is 116 Å². The minimum Gasteiger partial charge on any atom is -0.493 e. The maximum Gasteiger partial charge on any atom is 0.245 e. The number of rotatable bonds is 10. The Morgan fingerprint density at radius 1 is 1.15 bits per heavy atom. The molecule has 4 heterocycles. The molecule has 11 nitrogen and oxygen atoms in total. The second-order valence-corrected chi connectivity index (χ2v) is 11.8. The van der Waals surface area contributed by atoms with Gasteiger partial charge in [-0.2, -0.15) is 0 Å². The Balaban J connectivity index is 1.08. The van der Waals surface area contributed by atoms with E-state index in [1.54, 1.807) is 41.1 Å². The highest BCUT2D eigenvalue weighted by atomic mass is 19.1. The van der Waals surface area contributed by atoms with Gasteiger partial charge in [0.15, 0.2) is 23.1 Å². The molecule has 1 saturated carbocycles. The molecule has 1 aromatic carbocycles. The van der Waals surface area contributed by atoms with Gasteiger partial charge in [0.05, 0.1) is 24.5 Å². The third-order valence-electron chi connectivity index (χ3n) is 8.50. The second kappa shape index (κ2) is 13.6. The van der Waals surface area contributed by atoms with Crippen LogP contribution in [-0.2, 0) is 4.79 Å². The Morgan fingerprint density at radius 3 is 2.77 bits per heavy atom. The molecule has 12 heteroatoms. The van der Waals surface area contributed by atoms with Gasteiger partial charge < -0.3 is 24.4 Å². The molecule has 48 heavy (non-hydrogen) atoms. The minimum absolute atomic E-state index is 0.0274. The number of aliphatic imine (C=N–C) groups is 1. The first-order chi connectivity index (χ1) is 23.5. The fraction of sp³-hybridized carbons (Fsp3) is 0.306. The highest BCUT2D eigenvalue weighted by Gasteiger charge is 2.27. The van der Waals surface area contributed by atoms with Gasteiger partial charge in [-0.1, -0.05) is 12.7 Å². The average Bonchev–Trinajstić information content (AvgIpc) is 3.83. The zero-order chi connectivity index (χ0) is 33.0. The lowest BCUT2D eigenvalue weighted by molar-refractivity contribution is -0.127. The van der Waals surface area contributed by atoms with Crippen LogP contribution < -0.4 is 19.5 Å². The maximum atomic E-state index is 15.4. The number of likely N-dealkylation sites (tertiary alicyclic amines) is 1. The molecule has 2 aromatic heterocycles. The fourth-order valence-electron chi connectivity index (χ4n) is 5.76. The molecule has 0 atom stereocenters. The molecule has 244 valence electrons. The van der Waals surface area contributed by atoms with Gasteiger partial charge in [-0.15, -0.1) is 5.10 Å². The number of anilines is 1. The number of ether oxygens (including phenoxy) is 3. The molecular weight excluding hydrogens is 613 g/mol. The van der Waals surface area contributed by atoms with Crippen LogP contribution in [0.5, 0.6) is 17.4 Å². The average molecular weight is 648 g/mol. The van der Waals surface area contributed by atoms with E-state index in [0.29, 0.717) is 60.1 Å². The van der Waals surface area contributed by atoms with Gasteiger partial charge in [0, 0.05) is 61.4 Å². The lowest BCUT2D eigenvalue weighted by Crippen LogP contribution is -2.41. The highest BCUT2D eigenvalue weighted by molar-refractivity contribution is 5.92. The molecule has 4 aliphatic rings. The number of carbonyl (C=O) groups is 1. The number of nitrogens with zero attached hydrogens (tertiary/aromatic N) is 6. The molecule has 0 radical (unpaired) electrons. The number of nitrogens with one attached hydrogen (secondary N) is 1. The van der Waals surface area contributed by atoms with Crippen molar-refractivity contribution in [2.75, 3.05) is 25.5 Å². The van der Waals surface area contributed by atoms with Crippen LogP contribution in [-0.4, -0.2) is 62.6 Å². The standard InChI is InChI=1S/C36H34FN7O4/c1-3-35(45)43-15-12-25(13-16-43)47-33-19-27-31(20-32(33)46-2)39-22-40-36(27)41-30-11-10-26(18-28(30)37)48-34-14-17-44(42-34)24-6-4-5-7-29(38-21-24)23-8-9-23/h3-4,6,14,17-23,25H,1,5,7-9,12-13,15-16H2,2H3,(H,39,40,41)/b6-4-,24-21+,38-29+. The van der Waals surface area contributed by atoms with Crippen LogP contribution in [0.2, 0.25) is 0 Å². The number of methoxy groups -OCH3 is 1. The number of piperidine rings is 1. The summed E-state index contributed by atoms with van der Waals surface area (Å²) in [7, 11) is 1.56. The van der Waals surface area contributed by atoms with Crippen LogP contribution >= 0.6 is 0 Å². The molecule has 2 aliphatic heterocycles. The first-order valence-electron chi connectivity index (χ1n) is 16.0. The van der Waals surface area contributed by atoms with Crippen LogP contribution in [0.4, 0.5) is 10.2 Å². The molecule has 1 amide bonds. The third-order valence-corrected chi connectivity index (χ3v) is 8.50. The van der Waals surface area contributed by atoms with E-state index in [2.05, 4.69) is 44.5 Å². The Labute approximate surface area is 276 Å². The number of allylic oxidation sites excluding steroid dienone is 5. The Morgan fingerprint density at radius 2 is 2.00 bits per heavy atom. The van der Waals surface area contributed by atoms with Crippen molar-refractivity contribution in [3.05, 3.63) is 96.6 Å². The molecule has 1 N–H and O–H groups in total. The van der Waals surface area contributed by atoms with Crippen LogP contribution in [0.1, 0.15) is 38.5 Å². The van der Waals surface area contributed by atoms with E-state index in [0.717, 1.165) is 18.5 Å². The van der Waals surface area contributed by atoms with Gasteiger partial charge in [-0.25, -0.2) is 19.0 Å². The minimum atomic E-state index is -0.617. The number of fused-ring (bicyclic) bond motifs is 1. The van der Waals surface area contributed by atoms with E-state index in [1.165, 1.54) is 37.0 Å². The Kier molecular flexibility index (Phi) is 8.74. The number of aromatic nitrogens is 4. The van der Waals surface area contributed by atoms with Crippen molar-refractivity contribution in [2.45, 2.75) is 44.6 Å². The zero-order valence-corrected chi connectivity index (χ0v) is 26.5. The Bertz CT molecular complexity index is 2000. The monoisotopic (exact) mass is 647 g/mol. The first-order valence-corrected chi connectivity index (χ1v) is 16.0. The largest absolute Gasteiger partial charge is 0.493 e. The van der Waals surface area contributed by atoms with Gasteiger partial charge in [-0.05, 0) is 61.3 Å². The molecule has 2 fully saturated rings. The smallest absolute Gasteiger partial charge is 0.245 e. The molecule has 2 aliphatic carbocycles. The fourth-order valence-corrected chi connectivity index (χ4v) is 5.76. The SMILES string of the molecule is C=CC(=O)N1CCC(Oc2cc3c(NC4=C=C=C(Oc5ccn(C6=C/N=C(/C7CC7)CC/C=C\6)n5)C=C4F)ncnc3cc2OC)CC1. The normalized spacial score (nSPS) is 21.0. The number of benzene rings is 1. The summed E-state index contributed by atoms with van der Waals surface area (Å²) in [6.07, 6.45) is 17.2. The van der Waals surface area contributed by atoms with Crippen molar-refractivity contribution < 1.29 is 23.4 Å². The first kappa shape index (κ1) is 30.9. The summed E-state index contributed by atoms with van der Waals surface area (Å²) in [6.45, 7) is 4.70. The maximum absolute atomic E-state index is 15.4. The van der Waals surface area contributed by atoms with E-state index in [9.17, 15) is 4.79 Å². The van der Waals surface area contributed by atoms with E-state index in [1.807, 2.05) is 12.3 Å². The number of amides is 1. The molecule has 0 spiro atoms. The lowest BCUT2D eigenvalue weighted by Gasteiger charge is -2.31. The van der Waals surface area contributed by atoms with E-state index < -0.39 is 5.83 Å². The van der Waals surface area contributed by atoms with Crippen molar-refractivity contribution in [2.24, 2.45) is 10.9 Å². The van der Waals surface area contributed by atoms with E-state index >= 15 is 4.39 Å². The molecule has 0 unspecified atom stereocenters. The van der Waals surface area contributed by atoms with Gasteiger partial charge in [0.25, 0.3) is 0 Å². The Hall–Kier alpha value is -5.70. The molecule has 0 bridgehead atoms. The van der Waals surface area contributed by atoms with Crippen LogP contribution in [0.15, 0.2) is 102 Å². The summed E-state index contributed by atoms with van der Waals surface area (Å²) in [4.78, 5) is 27.2. The summed E-state index contributed by atoms with van der Waals surface area (Å²) >= 11 is 0. The number of halogens is 1. The van der Waals surface area contributed by atoms with E-state index in [-0.39, 0.29) is 29.3 Å². The summed E-state index contributed by atoms with van der Waals surface area (Å²) in [5.41, 5.74) is 8.32. The van der Waals surface area contributed by atoms with Crippen molar-refractivity contribution in [3.63, 3.8) is 0 Å². The van der Waals surface area contributed by atoms with Gasteiger partial charge in [0.2, 0.25) is 11.8 Å². The summed E-state index contributed by atoms with van der Waals surface area (Å²) in [6, 6.07) is 5.21. The van der Waals surface area contributed by atoms with Crippen LogP contribution in [0, 0.1) is 5.92 Å². The molecule has 7 rings (SSSR count). The van der Waals surface area contributed by atoms with Crippen molar-refractivity contribution in [1.29, 1.82) is 0 Å². The molecule has 3 aromatic rings. The predicted molar refractivity (Wildman–Crippen MR) is 179 cm³/mol. The van der Waals surface area contributed by atoms with Gasteiger partial charge in [0.1, 0.15) is 23.9 Å². The summed E-state index contributed by atoms with van der Waals surface area (Å²) in [5.74, 6) is 1.66.